The number of pyridine rings is 1. The smallest absolute Gasteiger partial charge is 0.332 e. The molecular formula is C16H19N5O3. The molecule has 1 amide bonds. The molecule has 2 fully saturated rings. The summed E-state index contributed by atoms with van der Waals surface area (Å²) in [5, 5.41) is 3.63. The molecule has 2 saturated heterocycles. The average molecular weight is 329 g/mol. The number of aromatic nitrogens is 3. The molecule has 24 heavy (non-hydrogen) atoms. The second-order valence-electron chi connectivity index (χ2n) is 6.69. The molecule has 0 saturated carbocycles. The van der Waals surface area contributed by atoms with Crippen LogP contribution in [0.25, 0.3) is 11.0 Å². The van der Waals surface area contributed by atoms with Gasteiger partial charge in [0.1, 0.15) is 5.65 Å². The van der Waals surface area contributed by atoms with Crippen molar-refractivity contribution in [3.63, 3.8) is 0 Å². The van der Waals surface area contributed by atoms with Gasteiger partial charge in [-0.05, 0) is 17.9 Å². The molecular weight excluding hydrogens is 310 g/mol. The number of amides is 1. The van der Waals surface area contributed by atoms with Gasteiger partial charge in [0.2, 0.25) is 0 Å². The molecule has 2 atom stereocenters. The summed E-state index contributed by atoms with van der Waals surface area (Å²) in [6.45, 7) is 3.37. The van der Waals surface area contributed by atoms with Crippen molar-refractivity contribution < 1.29 is 4.79 Å². The number of hydrogen-bond donors (Lipinski definition) is 1. The van der Waals surface area contributed by atoms with Crippen molar-refractivity contribution in [1.29, 1.82) is 0 Å². The van der Waals surface area contributed by atoms with E-state index >= 15 is 0 Å². The van der Waals surface area contributed by atoms with E-state index in [0.29, 0.717) is 23.0 Å². The summed E-state index contributed by atoms with van der Waals surface area (Å²) in [5.74, 6) is 0.918. The van der Waals surface area contributed by atoms with Gasteiger partial charge in [-0.1, -0.05) is 0 Å². The van der Waals surface area contributed by atoms with Gasteiger partial charge in [0.05, 0.1) is 10.9 Å². The molecule has 0 spiro atoms. The summed E-state index contributed by atoms with van der Waals surface area (Å²) in [5.41, 5.74) is -0.176. The van der Waals surface area contributed by atoms with Gasteiger partial charge in [0.25, 0.3) is 11.5 Å². The molecule has 2 aliphatic rings. The fraction of sp³-hybridized carbons (Fsp3) is 0.500. The quantitative estimate of drug-likeness (QED) is 0.719. The highest BCUT2D eigenvalue weighted by atomic mass is 16.2. The summed E-state index contributed by atoms with van der Waals surface area (Å²) in [7, 11) is 2.99. The van der Waals surface area contributed by atoms with E-state index < -0.39 is 11.2 Å². The molecule has 8 heteroatoms. The minimum absolute atomic E-state index is 0.102. The van der Waals surface area contributed by atoms with Crippen LogP contribution in [-0.4, -0.2) is 51.1 Å². The van der Waals surface area contributed by atoms with Crippen LogP contribution in [0.2, 0.25) is 0 Å². The van der Waals surface area contributed by atoms with Crippen LogP contribution in [0.15, 0.2) is 21.9 Å². The van der Waals surface area contributed by atoms with Gasteiger partial charge in [0, 0.05) is 46.5 Å². The van der Waals surface area contributed by atoms with Crippen molar-refractivity contribution >= 4 is 16.9 Å². The van der Waals surface area contributed by atoms with Crippen LogP contribution in [0.4, 0.5) is 0 Å². The lowest BCUT2D eigenvalue weighted by Gasteiger charge is -2.17. The van der Waals surface area contributed by atoms with Gasteiger partial charge in [0.15, 0.2) is 0 Å². The number of nitrogens with one attached hydrogen (secondary N) is 1. The SMILES string of the molecule is Cn1c(=O)c2cc(C(=O)N3C[C@H]4CNC[C@H]4C3)cnc2n(C)c1=O. The largest absolute Gasteiger partial charge is 0.338 e. The van der Waals surface area contributed by atoms with Crippen LogP contribution in [0.3, 0.4) is 0 Å². The number of nitrogens with zero attached hydrogens (tertiary/aromatic N) is 4. The Morgan fingerprint density at radius 2 is 1.83 bits per heavy atom. The van der Waals surface area contributed by atoms with Gasteiger partial charge in [-0.25, -0.2) is 9.78 Å². The molecule has 126 valence electrons. The number of aryl methyl sites for hydroxylation is 1. The topological polar surface area (TPSA) is 89.2 Å². The molecule has 1 N–H and O–H groups in total. The number of rotatable bonds is 1. The van der Waals surface area contributed by atoms with E-state index in [4.69, 9.17) is 0 Å². The van der Waals surface area contributed by atoms with E-state index in [1.54, 1.807) is 13.1 Å². The van der Waals surface area contributed by atoms with Crippen LogP contribution in [-0.2, 0) is 14.1 Å². The first kappa shape index (κ1) is 15.1. The summed E-state index contributed by atoms with van der Waals surface area (Å²) >= 11 is 0. The Kier molecular flexibility index (Phi) is 3.31. The van der Waals surface area contributed by atoms with Crippen molar-refractivity contribution in [2.24, 2.45) is 25.9 Å². The maximum Gasteiger partial charge on any atom is 0.332 e. The van der Waals surface area contributed by atoms with Crippen molar-refractivity contribution in [3.05, 3.63) is 38.7 Å². The molecule has 0 bridgehead atoms. The van der Waals surface area contributed by atoms with Crippen molar-refractivity contribution in [1.82, 2.24) is 24.3 Å². The van der Waals surface area contributed by atoms with E-state index in [2.05, 4.69) is 10.3 Å². The molecule has 0 radical (unpaired) electrons. The zero-order valence-electron chi connectivity index (χ0n) is 13.7. The maximum atomic E-state index is 12.8. The Morgan fingerprint density at radius 1 is 1.17 bits per heavy atom. The number of carbonyl (C=O) groups is 1. The number of hydrogen-bond acceptors (Lipinski definition) is 5. The molecule has 2 aliphatic heterocycles. The molecule has 4 heterocycles. The fourth-order valence-corrected chi connectivity index (χ4v) is 3.79. The molecule has 0 unspecified atom stereocenters. The van der Waals surface area contributed by atoms with E-state index in [-0.39, 0.29) is 11.3 Å². The highest BCUT2D eigenvalue weighted by molar-refractivity contribution is 5.97. The van der Waals surface area contributed by atoms with Gasteiger partial charge < -0.3 is 10.2 Å². The summed E-state index contributed by atoms with van der Waals surface area (Å²) in [6, 6.07) is 1.55. The molecule has 2 aromatic heterocycles. The third-order valence-corrected chi connectivity index (χ3v) is 5.22. The van der Waals surface area contributed by atoms with E-state index in [0.717, 1.165) is 30.7 Å². The molecule has 2 aromatic rings. The highest BCUT2D eigenvalue weighted by Gasteiger charge is 2.38. The first-order chi connectivity index (χ1) is 11.5. The lowest BCUT2D eigenvalue weighted by molar-refractivity contribution is 0.0781. The van der Waals surface area contributed by atoms with Gasteiger partial charge in [-0.15, -0.1) is 0 Å². The normalized spacial score (nSPS) is 23.0. The van der Waals surface area contributed by atoms with Gasteiger partial charge in [-0.3, -0.25) is 18.7 Å². The van der Waals surface area contributed by atoms with E-state index in [1.165, 1.54) is 17.8 Å². The predicted octanol–water partition coefficient (Wildman–Crippen LogP) is -1.08. The van der Waals surface area contributed by atoms with Crippen LogP contribution < -0.4 is 16.6 Å². The minimum atomic E-state index is -0.433. The third kappa shape index (κ3) is 2.10. The first-order valence-electron chi connectivity index (χ1n) is 8.03. The van der Waals surface area contributed by atoms with Crippen LogP contribution >= 0.6 is 0 Å². The Labute approximate surface area is 137 Å². The Balaban J connectivity index is 1.74. The summed E-state index contributed by atoms with van der Waals surface area (Å²) < 4.78 is 2.35. The highest BCUT2D eigenvalue weighted by Crippen LogP contribution is 2.27. The molecule has 8 nitrogen and oxygen atoms in total. The molecule has 4 rings (SSSR count). The zero-order chi connectivity index (χ0) is 17.0. The van der Waals surface area contributed by atoms with Crippen molar-refractivity contribution in [2.45, 2.75) is 0 Å². The summed E-state index contributed by atoms with van der Waals surface area (Å²) in [6.07, 6.45) is 1.45. The average Bonchev–Trinajstić information content (AvgIpc) is 3.18. The second-order valence-corrected chi connectivity index (χ2v) is 6.69. The second kappa shape index (κ2) is 5.27. The van der Waals surface area contributed by atoms with Gasteiger partial charge >= 0.3 is 5.69 Å². The van der Waals surface area contributed by atoms with Crippen LogP contribution in [0.5, 0.6) is 0 Å². The fourth-order valence-electron chi connectivity index (χ4n) is 3.79. The number of likely N-dealkylation sites (tertiary alicyclic amines) is 1. The standard InChI is InChI=1S/C16H19N5O3/c1-19-13-12(15(23)20(2)16(19)24)3-9(6-18-13)14(22)21-7-10-4-17-5-11(10)8-21/h3,6,10-11,17H,4-5,7-8H2,1-2H3/t10-,11+. The van der Waals surface area contributed by atoms with Crippen LogP contribution in [0, 0.1) is 11.8 Å². The van der Waals surface area contributed by atoms with Crippen LogP contribution in [0.1, 0.15) is 10.4 Å². The summed E-state index contributed by atoms with van der Waals surface area (Å²) in [4.78, 5) is 43.1. The lowest BCUT2D eigenvalue weighted by Crippen LogP contribution is -2.37. The zero-order valence-corrected chi connectivity index (χ0v) is 13.7. The minimum Gasteiger partial charge on any atom is -0.338 e. The van der Waals surface area contributed by atoms with Crippen molar-refractivity contribution in [2.75, 3.05) is 26.2 Å². The molecule has 0 aliphatic carbocycles. The Hall–Kier alpha value is -2.48. The first-order valence-corrected chi connectivity index (χ1v) is 8.03. The Morgan fingerprint density at radius 3 is 2.50 bits per heavy atom. The Bertz CT molecular complexity index is 949. The maximum absolute atomic E-state index is 12.8. The predicted molar refractivity (Wildman–Crippen MR) is 88.0 cm³/mol. The number of fused-ring (bicyclic) bond motifs is 2. The van der Waals surface area contributed by atoms with E-state index in [1.807, 2.05) is 4.90 Å². The number of carbonyl (C=O) groups excluding carboxylic acids is 1. The molecule has 0 aromatic carbocycles. The van der Waals surface area contributed by atoms with Crippen molar-refractivity contribution in [3.8, 4) is 0 Å². The monoisotopic (exact) mass is 329 g/mol. The van der Waals surface area contributed by atoms with E-state index in [9.17, 15) is 14.4 Å². The lowest BCUT2D eigenvalue weighted by atomic mass is 10.0. The van der Waals surface area contributed by atoms with Gasteiger partial charge in [-0.2, -0.15) is 0 Å². The third-order valence-electron chi connectivity index (χ3n) is 5.22.